The number of carbonyl (C=O) groups excluding carboxylic acids is 2. The molecule has 22 heavy (non-hydrogen) atoms. The summed E-state index contributed by atoms with van der Waals surface area (Å²) < 4.78 is 5.24. The number of nitrogens with zero attached hydrogens (tertiary/aromatic N) is 2. The number of pyridine rings is 1. The average molecular weight is 298 g/mol. The summed E-state index contributed by atoms with van der Waals surface area (Å²) in [6, 6.07) is 7.25. The van der Waals surface area contributed by atoms with Crippen LogP contribution in [-0.2, 0) is 9.59 Å². The molecule has 7 heteroatoms. The smallest absolute Gasteiger partial charge is 0.271 e. The summed E-state index contributed by atoms with van der Waals surface area (Å²) in [5, 5.41) is 7.42. The fraction of sp³-hybridized carbons (Fsp3) is 0.200. The minimum atomic E-state index is -0.361. The molecule has 1 aromatic carbocycles. The van der Waals surface area contributed by atoms with Gasteiger partial charge in [-0.2, -0.15) is 5.10 Å². The van der Waals surface area contributed by atoms with Gasteiger partial charge in [0, 0.05) is 30.5 Å². The van der Waals surface area contributed by atoms with Gasteiger partial charge >= 0.3 is 0 Å². The largest absolute Gasteiger partial charge is 0.497 e. The van der Waals surface area contributed by atoms with Crippen molar-refractivity contribution in [3.8, 4) is 5.75 Å². The zero-order chi connectivity index (χ0) is 15.5. The van der Waals surface area contributed by atoms with E-state index in [0.29, 0.717) is 23.4 Å². The van der Waals surface area contributed by atoms with Gasteiger partial charge in [0.05, 0.1) is 18.3 Å². The fourth-order valence-corrected chi connectivity index (χ4v) is 2.21. The molecule has 0 aliphatic carbocycles. The molecule has 0 spiro atoms. The lowest BCUT2D eigenvalue weighted by molar-refractivity contribution is -0.121. The van der Waals surface area contributed by atoms with E-state index < -0.39 is 0 Å². The molecule has 0 saturated heterocycles. The molecule has 2 aromatic rings. The molecular formula is C15H14N4O3. The monoisotopic (exact) mass is 298 g/mol. The molecule has 2 N–H and O–H groups in total. The average Bonchev–Trinajstić information content (AvgIpc) is 2.55. The van der Waals surface area contributed by atoms with Crippen molar-refractivity contribution in [1.29, 1.82) is 0 Å². The van der Waals surface area contributed by atoms with E-state index in [1.54, 1.807) is 19.4 Å². The first-order valence-corrected chi connectivity index (χ1v) is 6.77. The Morgan fingerprint density at radius 3 is 2.95 bits per heavy atom. The minimum absolute atomic E-state index is 0.190. The molecule has 0 unspecified atom stereocenters. The number of hydrazone groups is 1. The zero-order valence-electron chi connectivity index (χ0n) is 11.9. The number of benzene rings is 1. The van der Waals surface area contributed by atoms with E-state index in [1.165, 1.54) is 0 Å². The number of amides is 2. The maximum Gasteiger partial charge on any atom is 0.271 e. The number of nitrogens with one attached hydrogen (secondary N) is 2. The third-order valence-corrected chi connectivity index (χ3v) is 3.33. The van der Waals surface area contributed by atoms with Crippen LogP contribution in [0, 0.1) is 0 Å². The first kappa shape index (κ1) is 14.0. The number of rotatable bonds is 3. The number of methoxy groups -OCH3 is 1. The number of anilines is 1. The summed E-state index contributed by atoms with van der Waals surface area (Å²) in [6.45, 7) is 0. The summed E-state index contributed by atoms with van der Waals surface area (Å²) in [6.07, 6.45) is 2.22. The van der Waals surface area contributed by atoms with Crippen LogP contribution in [-0.4, -0.2) is 29.6 Å². The Balaban J connectivity index is 1.93. The second kappa shape index (κ2) is 5.80. The molecule has 0 saturated carbocycles. The maximum absolute atomic E-state index is 12.3. The summed E-state index contributed by atoms with van der Waals surface area (Å²) >= 11 is 0. The van der Waals surface area contributed by atoms with Gasteiger partial charge in [0.25, 0.3) is 5.91 Å². The molecule has 1 aromatic heterocycles. The molecule has 1 aliphatic rings. The number of ether oxygens (including phenoxy) is 1. The molecule has 0 bridgehead atoms. The van der Waals surface area contributed by atoms with E-state index in [9.17, 15) is 9.59 Å². The predicted molar refractivity (Wildman–Crippen MR) is 81.7 cm³/mol. The number of aromatic nitrogens is 1. The normalized spacial score (nSPS) is 14.2. The SMILES string of the molecule is COc1cc(NC(=O)C2=NNC(=O)CC2)c2ncccc2c1. The van der Waals surface area contributed by atoms with Crippen LogP contribution >= 0.6 is 0 Å². The van der Waals surface area contributed by atoms with E-state index >= 15 is 0 Å². The van der Waals surface area contributed by atoms with Crippen molar-refractivity contribution in [3.63, 3.8) is 0 Å². The Kier molecular flexibility index (Phi) is 3.69. The molecular weight excluding hydrogens is 284 g/mol. The summed E-state index contributed by atoms with van der Waals surface area (Å²) in [4.78, 5) is 27.6. The highest BCUT2D eigenvalue weighted by Crippen LogP contribution is 2.27. The number of carbonyl (C=O) groups is 2. The predicted octanol–water partition coefficient (Wildman–Crippen LogP) is 1.45. The second-order valence-corrected chi connectivity index (χ2v) is 4.80. The van der Waals surface area contributed by atoms with E-state index in [0.717, 1.165) is 5.39 Å². The molecule has 112 valence electrons. The molecule has 1 aliphatic heterocycles. The molecule has 2 heterocycles. The van der Waals surface area contributed by atoms with Crippen molar-refractivity contribution >= 4 is 34.1 Å². The molecule has 7 nitrogen and oxygen atoms in total. The third kappa shape index (κ3) is 2.73. The van der Waals surface area contributed by atoms with Crippen LogP contribution < -0.4 is 15.5 Å². The number of hydrogen-bond donors (Lipinski definition) is 2. The summed E-state index contributed by atoms with van der Waals surface area (Å²) in [5.74, 6) is 0.0694. The van der Waals surface area contributed by atoms with Crippen molar-refractivity contribution in [2.45, 2.75) is 12.8 Å². The van der Waals surface area contributed by atoms with Gasteiger partial charge in [0.2, 0.25) is 5.91 Å². The van der Waals surface area contributed by atoms with Gasteiger partial charge in [-0.15, -0.1) is 0 Å². The van der Waals surface area contributed by atoms with E-state index in [4.69, 9.17) is 4.74 Å². The van der Waals surface area contributed by atoms with E-state index in [1.807, 2.05) is 18.2 Å². The minimum Gasteiger partial charge on any atom is -0.497 e. The van der Waals surface area contributed by atoms with Crippen LogP contribution in [0.25, 0.3) is 10.9 Å². The number of fused-ring (bicyclic) bond motifs is 1. The fourth-order valence-electron chi connectivity index (χ4n) is 2.21. The van der Waals surface area contributed by atoms with Crippen molar-refractivity contribution in [1.82, 2.24) is 10.4 Å². The lowest BCUT2D eigenvalue weighted by atomic mass is 10.1. The molecule has 3 rings (SSSR count). The van der Waals surface area contributed by atoms with Crippen LogP contribution in [0.4, 0.5) is 5.69 Å². The Hall–Kier alpha value is -2.96. The van der Waals surface area contributed by atoms with Crippen LogP contribution in [0.3, 0.4) is 0 Å². The van der Waals surface area contributed by atoms with Gasteiger partial charge in [-0.05, 0) is 12.1 Å². The zero-order valence-corrected chi connectivity index (χ0v) is 11.9. The molecule has 0 radical (unpaired) electrons. The Labute approximate surface area is 126 Å². The Bertz CT molecular complexity index is 785. The van der Waals surface area contributed by atoms with Crippen molar-refractivity contribution in [2.24, 2.45) is 5.10 Å². The molecule has 0 atom stereocenters. The van der Waals surface area contributed by atoms with Gasteiger partial charge < -0.3 is 10.1 Å². The lowest BCUT2D eigenvalue weighted by Gasteiger charge is -2.13. The maximum atomic E-state index is 12.3. The van der Waals surface area contributed by atoms with Crippen molar-refractivity contribution < 1.29 is 14.3 Å². The summed E-state index contributed by atoms with van der Waals surface area (Å²) in [5.41, 5.74) is 3.80. The first-order valence-electron chi connectivity index (χ1n) is 6.77. The van der Waals surface area contributed by atoms with Gasteiger partial charge in [0.15, 0.2) is 0 Å². The standard InChI is InChI=1S/C15H14N4O3/c1-22-10-7-9-3-2-6-16-14(9)12(8-10)17-15(21)11-4-5-13(20)19-18-11/h2-3,6-8H,4-5H2,1H3,(H,17,21)(H,19,20). The Morgan fingerprint density at radius 1 is 1.36 bits per heavy atom. The topological polar surface area (TPSA) is 92.7 Å². The van der Waals surface area contributed by atoms with E-state index in [-0.39, 0.29) is 23.9 Å². The van der Waals surface area contributed by atoms with Crippen LogP contribution in [0.15, 0.2) is 35.6 Å². The van der Waals surface area contributed by atoms with Gasteiger partial charge in [-0.3, -0.25) is 14.6 Å². The quantitative estimate of drug-likeness (QED) is 0.897. The molecule has 0 fully saturated rings. The van der Waals surface area contributed by atoms with Crippen LogP contribution in [0.1, 0.15) is 12.8 Å². The van der Waals surface area contributed by atoms with Crippen molar-refractivity contribution in [3.05, 3.63) is 30.5 Å². The van der Waals surface area contributed by atoms with Gasteiger partial charge in [0.1, 0.15) is 11.5 Å². The number of hydrogen-bond acceptors (Lipinski definition) is 5. The van der Waals surface area contributed by atoms with Crippen LogP contribution in [0.2, 0.25) is 0 Å². The molecule has 2 amide bonds. The first-order chi connectivity index (χ1) is 10.7. The van der Waals surface area contributed by atoms with Crippen molar-refractivity contribution in [2.75, 3.05) is 12.4 Å². The van der Waals surface area contributed by atoms with Crippen LogP contribution in [0.5, 0.6) is 5.75 Å². The second-order valence-electron chi connectivity index (χ2n) is 4.80. The Morgan fingerprint density at radius 2 is 2.23 bits per heavy atom. The lowest BCUT2D eigenvalue weighted by Crippen LogP contribution is -2.32. The van der Waals surface area contributed by atoms with Gasteiger partial charge in [-0.1, -0.05) is 6.07 Å². The summed E-state index contributed by atoms with van der Waals surface area (Å²) in [7, 11) is 1.56. The third-order valence-electron chi connectivity index (χ3n) is 3.33. The van der Waals surface area contributed by atoms with E-state index in [2.05, 4.69) is 20.8 Å². The highest BCUT2D eigenvalue weighted by molar-refractivity contribution is 6.44. The highest BCUT2D eigenvalue weighted by Gasteiger charge is 2.19. The van der Waals surface area contributed by atoms with Gasteiger partial charge in [-0.25, -0.2) is 5.43 Å². The highest BCUT2D eigenvalue weighted by atomic mass is 16.5.